The SMILES string of the molecule is CCCC1(O)[C@H](C)[C@@H](c2ccc(N(C)C)cc2)N[C@H](c2ccc(N(C)C)cc2)[C@@H]1C. The Labute approximate surface area is 182 Å². The van der Waals surface area contributed by atoms with Crippen molar-refractivity contribution in [3.8, 4) is 0 Å². The Balaban J connectivity index is 1.98. The molecule has 4 heteroatoms. The molecule has 5 atom stereocenters. The molecule has 0 radical (unpaired) electrons. The molecule has 2 aromatic carbocycles. The number of rotatable bonds is 6. The van der Waals surface area contributed by atoms with Gasteiger partial charge in [0.15, 0.2) is 0 Å². The molecule has 4 nitrogen and oxygen atoms in total. The van der Waals surface area contributed by atoms with E-state index in [1.54, 1.807) is 0 Å². The molecule has 1 unspecified atom stereocenters. The minimum Gasteiger partial charge on any atom is -0.389 e. The molecular formula is C26H39N3O. The summed E-state index contributed by atoms with van der Waals surface area (Å²) in [4.78, 5) is 4.23. The maximum atomic E-state index is 11.9. The van der Waals surface area contributed by atoms with E-state index in [9.17, 15) is 5.11 Å². The van der Waals surface area contributed by atoms with E-state index in [0.717, 1.165) is 12.8 Å². The molecule has 30 heavy (non-hydrogen) atoms. The lowest BCUT2D eigenvalue weighted by atomic mass is 9.64. The molecule has 1 aliphatic rings. The Morgan fingerprint density at radius 2 is 1.13 bits per heavy atom. The van der Waals surface area contributed by atoms with Crippen LogP contribution in [0, 0.1) is 11.8 Å². The third-order valence-corrected chi connectivity index (χ3v) is 7.12. The summed E-state index contributed by atoms with van der Waals surface area (Å²) in [6, 6.07) is 17.7. The number of aliphatic hydroxyl groups is 1. The topological polar surface area (TPSA) is 38.7 Å². The lowest BCUT2D eigenvalue weighted by Gasteiger charge is -2.52. The second kappa shape index (κ2) is 8.99. The van der Waals surface area contributed by atoms with E-state index in [4.69, 9.17) is 0 Å². The van der Waals surface area contributed by atoms with Gasteiger partial charge in [0.2, 0.25) is 0 Å². The normalized spacial score (nSPS) is 28.9. The van der Waals surface area contributed by atoms with Crippen LogP contribution in [0.2, 0.25) is 0 Å². The van der Waals surface area contributed by atoms with E-state index in [0.29, 0.717) is 0 Å². The van der Waals surface area contributed by atoms with Crippen molar-refractivity contribution in [2.75, 3.05) is 38.0 Å². The molecule has 0 saturated carbocycles. The molecule has 2 aromatic rings. The number of hydrogen-bond donors (Lipinski definition) is 2. The molecule has 164 valence electrons. The van der Waals surface area contributed by atoms with Gasteiger partial charge in [-0.1, -0.05) is 51.5 Å². The molecule has 0 amide bonds. The minimum atomic E-state index is -0.713. The maximum Gasteiger partial charge on any atom is 0.0734 e. The quantitative estimate of drug-likeness (QED) is 0.704. The highest BCUT2D eigenvalue weighted by Crippen LogP contribution is 2.49. The highest BCUT2D eigenvalue weighted by atomic mass is 16.3. The summed E-state index contributed by atoms with van der Waals surface area (Å²) in [6.07, 6.45) is 1.79. The van der Waals surface area contributed by atoms with Crippen molar-refractivity contribution in [1.29, 1.82) is 0 Å². The third-order valence-electron chi connectivity index (χ3n) is 7.12. The Hall–Kier alpha value is -2.04. The average molecular weight is 410 g/mol. The monoisotopic (exact) mass is 409 g/mol. The van der Waals surface area contributed by atoms with Crippen LogP contribution in [0.25, 0.3) is 0 Å². The van der Waals surface area contributed by atoms with Crippen molar-refractivity contribution in [3.63, 3.8) is 0 Å². The van der Waals surface area contributed by atoms with E-state index < -0.39 is 5.60 Å². The van der Waals surface area contributed by atoms with E-state index in [1.807, 2.05) is 0 Å². The van der Waals surface area contributed by atoms with Gasteiger partial charge in [-0.2, -0.15) is 0 Å². The summed E-state index contributed by atoms with van der Waals surface area (Å²) in [5.41, 5.74) is 4.15. The zero-order valence-corrected chi connectivity index (χ0v) is 19.7. The second-order valence-corrected chi connectivity index (χ2v) is 9.41. The first kappa shape index (κ1) is 22.6. The molecule has 2 N–H and O–H groups in total. The first-order valence-electron chi connectivity index (χ1n) is 11.2. The minimum absolute atomic E-state index is 0.104. The fourth-order valence-electron chi connectivity index (χ4n) is 5.06. The van der Waals surface area contributed by atoms with E-state index in [-0.39, 0.29) is 23.9 Å². The predicted octanol–water partition coefficient (Wildman–Crippen LogP) is 5.01. The number of nitrogens with zero attached hydrogens (tertiary/aromatic N) is 2. The number of benzene rings is 2. The largest absolute Gasteiger partial charge is 0.389 e. The summed E-state index contributed by atoms with van der Waals surface area (Å²) >= 11 is 0. The molecule has 0 aliphatic carbocycles. The Kier molecular flexibility index (Phi) is 6.78. The van der Waals surface area contributed by atoms with Crippen molar-refractivity contribution in [3.05, 3.63) is 59.7 Å². The van der Waals surface area contributed by atoms with Crippen molar-refractivity contribution < 1.29 is 5.11 Å². The smallest absolute Gasteiger partial charge is 0.0734 e. The summed E-state index contributed by atoms with van der Waals surface area (Å²) in [5.74, 6) is 0.241. The number of piperidine rings is 1. The van der Waals surface area contributed by atoms with Crippen molar-refractivity contribution in [2.45, 2.75) is 51.3 Å². The second-order valence-electron chi connectivity index (χ2n) is 9.41. The van der Waals surface area contributed by atoms with Gasteiger partial charge in [-0.15, -0.1) is 0 Å². The zero-order valence-electron chi connectivity index (χ0n) is 19.7. The summed E-state index contributed by atoms with van der Waals surface area (Å²) < 4.78 is 0. The van der Waals surface area contributed by atoms with E-state index in [1.165, 1.54) is 22.5 Å². The first-order chi connectivity index (χ1) is 14.2. The fourth-order valence-corrected chi connectivity index (χ4v) is 5.06. The van der Waals surface area contributed by atoms with Gasteiger partial charge >= 0.3 is 0 Å². The van der Waals surface area contributed by atoms with Crippen LogP contribution in [0.5, 0.6) is 0 Å². The number of anilines is 2. The van der Waals surface area contributed by atoms with Crippen molar-refractivity contribution in [2.24, 2.45) is 11.8 Å². The Morgan fingerprint density at radius 1 is 0.767 bits per heavy atom. The molecular weight excluding hydrogens is 370 g/mol. The van der Waals surface area contributed by atoms with Crippen molar-refractivity contribution in [1.82, 2.24) is 5.32 Å². The van der Waals surface area contributed by atoms with Gasteiger partial charge in [0.05, 0.1) is 5.60 Å². The van der Waals surface area contributed by atoms with E-state index >= 15 is 0 Å². The lowest BCUT2D eigenvalue weighted by Crippen LogP contribution is -2.57. The highest BCUT2D eigenvalue weighted by Gasteiger charge is 2.50. The highest BCUT2D eigenvalue weighted by molar-refractivity contribution is 5.48. The molecule has 1 heterocycles. The standard InChI is InChI=1S/C26H39N3O/c1-8-17-26(30)18(2)24(20-9-13-22(14-10-20)28(4)5)27-25(19(26)3)21-11-15-23(16-12-21)29(6)7/h9-16,18-19,24-25,27,30H,8,17H2,1-7H3/t18-,19+,24-,25-,26?/m0/s1. The molecule has 3 rings (SSSR count). The van der Waals surface area contributed by atoms with Gasteiger partial charge < -0.3 is 20.2 Å². The summed E-state index contributed by atoms with van der Waals surface area (Å²) in [7, 11) is 8.24. The maximum absolute atomic E-state index is 11.9. The van der Waals surface area contributed by atoms with Crippen LogP contribution >= 0.6 is 0 Å². The molecule has 1 fully saturated rings. The third kappa shape index (κ3) is 4.21. The average Bonchev–Trinajstić information content (AvgIpc) is 2.73. The first-order valence-corrected chi connectivity index (χ1v) is 11.2. The fraction of sp³-hybridized carbons (Fsp3) is 0.538. The van der Waals surface area contributed by atoms with Crippen LogP contribution in [-0.4, -0.2) is 38.9 Å². The Morgan fingerprint density at radius 3 is 1.43 bits per heavy atom. The molecule has 1 aliphatic heterocycles. The lowest BCUT2D eigenvalue weighted by molar-refractivity contribution is -0.116. The van der Waals surface area contributed by atoms with Gasteiger partial charge in [0.25, 0.3) is 0 Å². The van der Waals surface area contributed by atoms with Gasteiger partial charge in [-0.25, -0.2) is 0 Å². The van der Waals surface area contributed by atoms with Crippen LogP contribution < -0.4 is 15.1 Å². The number of nitrogens with one attached hydrogen (secondary N) is 1. The molecule has 0 bridgehead atoms. The summed E-state index contributed by atoms with van der Waals surface area (Å²) in [5, 5.41) is 15.8. The molecule has 0 aromatic heterocycles. The van der Waals surface area contributed by atoms with Crippen molar-refractivity contribution >= 4 is 11.4 Å². The van der Waals surface area contributed by atoms with Crippen LogP contribution in [0.15, 0.2) is 48.5 Å². The van der Waals surface area contributed by atoms with E-state index in [2.05, 4.69) is 113 Å². The van der Waals surface area contributed by atoms with Gasteiger partial charge in [-0.05, 0) is 41.8 Å². The molecule has 0 spiro atoms. The van der Waals surface area contributed by atoms with Crippen LogP contribution in [-0.2, 0) is 0 Å². The zero-order chi connectivity index (χ0) is 22.1. The van der Waals surface area contributed by atoms with Crippen LogP contribution in [0.1, 0.15) is 56.8 Å². The van der Waals surface area contributed by atoms with Gasteiger partial charge in [0, 0.05) is 63.5 Å². The molecule has 1 saturated heterocycles. The van der Waals surface area contributed by atoms with Crippen LogP contribution in [0.4, 0.5) is 11.4 Å². The van der Waals surface area contributed by atoms with Crippen LogP contribution in [0.3, 0.4) is 0 Å². The number of hydrogen-bond acceptors (Lipinski definition) is 4. The van der Waals surface area contributed by atoms with Gasteiger partial charge in [-0.3, -0.25) is 0 Å². The van der Waals surface area contributed by atoms with Gasteiger partial charge in [0.1, 0.15) is 0 Å². The Bertz CT molecular complexity index is 750. The predicted molar refractivity (Wildman–Crippen MR) is 128 cm³/mol. The summed E-state index contributed by atoms with van der Waals surface area (Å²) in [6.45, 7) is 6.57.